The number of aromatic nitrogens is 4. The predicted octanol–water partition coefficient (Wildman–Crippen LogP) is 5.30. The second-order valence-electron chi connectivity index (χ2n) is 12.7. The van der Waals surface area contributed by atoms with Crippen LogP contribution in [0.4, 0.5) is 27.8 Å². The number of allylic oxidation sites excluding steroid dienone is 1. The van der Waals surface area contributed by atoms with Gasteiger partial charge in [-0.15, -0.1) is 0 Å². The molecule has 0 aliphatic heterocycles. The molecule has 1 saturated carbocycles. The van der Waals surface area contributed by atoms with Crippen LogP contribution in [-0.4, -0.2) is 56.0 Å². The molecule has 0 bridgehead atoms. The zero-order chi connectivity index (χ0) is 34.6. The van der Waals surface area contributed by atoms with Crippen molar-refractivity contribution < 1.29 is 23.9 Å². The van der Waals surface area contributed by atoms with Gasteiger partial charge in [-0.25, -0.2) is 9.78 Å². The third-order valence-corrected chi connectivity index (χ3v) is 7.48. The highest BCUT2D eigenvalue weighted by Crippen LogP contribution is 2.34. The van der Waals surface area contributed by atoms with Crippen LogP contribution < -0.4 is 32.2 Å². The van der Waals surface area contributed by atoms with Gasteiger partial charge >= 0.3 is 6.09 Å². The molecule has 3 amide bonds. The molecule has 0 saturated heterocycles. The Labute approximate surface area is 278 Å². The number of aryl methyl sites for hydroxylation is 2. The number of amides is 3. The van der Waals surface area contributed by atoms with Gasteiger partial charge in [0.15, 0.2) is 0 Å². The Bertz CT molecular complexity index is 1860. The molecule has 0 spiro atoms. The Balaban J connectivity index is 1.36. The highest BCUT2D eigenvalue weighted by molar-refractivity contribution is 6.04. The quantitative estimate of drug-likeness (QED) is 0.0937. The van der Waals surface area contributed by atoms with Crippen molar-refractivity contribution in [2.45, 2.75) is 66.2 Å². The molecule has 1 aliphatic carbocycles. The van der Waals surface area contributed by atoms with Crippen LogP contribution in [0.25, 0.3) is 11.0 Å². The number of primary amides is 1. The van der Waals surface area contributed by atoms with Crippen molar-refractivity contribution in [3.63, 3.8) is 0 Å². The number of hydrogen-bond donors (Lipinski definition) is 5. The van der Waals surface area contributed by atoms with Crippen molar-refractivity contribution >= 4 is 52.0 Å². The average molecular weight is 658 g/mol. The molecule has 7 N–H and O–H groups in total. The summed E-state index contributed by atoms with van der Waals surface area (Å²) in [5.41, 5.74) is 15.4. The van der Waals surface area contributed by atoms with Gasteiger partial charge < -0.3 is 30.8 Å². The van der Waals surface area contributed by atoms with E-state index in [4.69, 9.17) is 25.9 Å². The Morgan fingerprint density at radius 3 is 2.52 bits per heavy atom. The van der Waals surface area contributed by atoms with Crippen LogP contribution in [-0.2, 0) is 17.8 Å². The van der Waals surface area contributed by atoms with E-state index in [9.17, 15) is 14.4 Å². The maximum Gasteiger partial charge on any atom is 0.412 e. The maximum absolute atomic E-state index is 13.4. The molecule has 1 aliphatic rings. The molecular formula is C34H43N9O5. The molecule has 2 aromatic carbocycles. The van der Waals surface area contributed by atoms with Crippen molar-refractivity contribution in [3.8, 4) is 5.75 Å². The van der Waals surface area contributed by atoms with Crippen LogP contribution in [0.3, 0.4) is 0 Å². The Hall–Kier alpha value is -5.53. The van der Waals surface area contributed by atoms with Crippen LogP contribution >= 0.6 is 0 Å². The summed E-state index contributed by atoms with van der Waals surface area (Å²) >= 11 is 0. The summed E-state index contributed by atoms with van der Waals surface area (Å²) in [7, 11) is 0. The zero-order valence-electron chi connectivity index (χ0n) is 27.9. The third kappa shape index (κ3) is 8.43. The number of nitrogens with one attached hydrogen (secondary N) is 3. The van der Waals surface area contributed by atoms with E-state index in [2.05, 4.69) is 21.0 Å². The minimum absolute atomic E-state index is 0.264. The summed E-state index contributed by atoms with van der Waals surface area (Å²) in [4.78, 5) is 42.4. The Morgan fingerprint density at radius 2 is 1.85 bits per heavy atom. The van der Waals surface area contributed by atoms with E-state index >= 15 is 0 Å². The first-order chi connectivity index (χ1) is 22.8. The van der Waals surface area contributed by atoms with Gasteiger partial charge in [0.1, 0.15) is 22.6 Å². The van der Waals surface area contributed by atoms with Gasteiger partial charge in [0.2, 0.25) is 11.9 Å². The number of rotatable bonds is 13. The standard InChI is InChI=1S/C34H43N9O5/c1-6-43-27(15-20(2)41-43)31(45)40-32-39-26-16-22(30(36)44)17-28(47-19-21-9-10-21)29(26)42(32)14-8-7-13-37-25-12-11-23(18-24(25)35)38-33(46)48-34(3,4)5/h7-8,11-12,15-18,21,37H,6,9-10,13-14,19,35H2,1-5H3,(H2,36,44)(H,38,46)(H,39,40,45)/b8-7+. The SMILES string of the molecule is CCn1nc(C)cc1C(=O)Nc1nc2cc(C(N)=O)cc(OCC3CC3)c2n1C/C=C/CNc1ccc(NC(=O)OC(C)(C)C)cc1N. The minimum Gasteiger partial charge on any atom is -0.491 e. The number of imidazole rings is 1. The van der Waals surface area contributed by atoms with Crippen LogP contribution in [0.5, 0.6) is 5.75 Å². The van der Waals surface area contributed by atoms with E-state index in [1.807, 2.05) is 30.6 Å². The maximum atomic E-state index is 13.4. The number of carbonyl (C=O) groups is 3. The van der Waals surface area contributed by atoms with Crippen molar-refractivity contribution in [2.24, 2.45) is 11.7 Å². The third-order valence-electron chi connectivity index (χ3n) is 7.48. The zero-order valence-corrected chi connectivity index (χ0v) is 27.9. The molecule has 48 heavy (non-hydrogen) atoms. The molecule has 1 fully saturated rings. The van der Waals surface area contributed by atoms with Gasteiger partial charge in [-0.2, -0.15) is 5.10 Å². The van der Waals surface area contributed by atoms with E-state index in [1.165, 1.54) is 0 Å². The molecule has 14 nitrogen and oxygen atoms in total. The first kappa shape index (κ1) is 33.8. The van der Waals surface area contributed by atoms with Gasteiger partial charge in [-0.3, -0.25) is 24.9 Å². The van der Waals surface area contributed by atoms with Crippen molar-refractivity contribution in [2.75, 3.05) is 34.8 Å². The fraction of sp³-hybridized carbons (Fsp3) is 0.382. The highest BCUT2D eigenvalue weighted by Gasteiger charge is 2.25. The summed E-state index contributed by atoms with van der Waals surface area (Å²) in [6.07, 6.45) is 5.46. The predicted molar refractivity (Wildman–Crippen MR) is 185 cm³/mol. The summed E-state index contributed by atoms with van der Waals surface area (Å²) in [6.45, 7) is 10.9. The van der Waals surface area contributed by atoms with Crippen molar-refractivity contribution in [1.82, 2.24) is 19.3 Å². The Kier molecular flexibility index (Phi) is 9.92. The second-order valence-corrected chi connectivity index (χ2v) is 12.7. The number of anilines is 4. The van der Waals surface area contributed by atoms with Gasteiger partial charge in [-0.05, 0) is 89.8 Å². The molecule has 0 radical (unpaired) electrons. The lowest BCUT2D eigenvalue weighted by Gasteiger charge is -2.20. The van der Waals surface area contributed by atoms with Gasteiger partial charge in [0.05, 0.1) is 29.2 Å². The number of nitrogens with zero attached hydrogens (tertiary/aromatic N) is 4. The van der Waals surface area contributed by atoms with Crippen molar-refractivity contribution in [3.05, 3.63) is 65.5 Å². The van der Waals surface area contributed by atoms with Gasteiger partial charge in [0.25, 0.3) is 5.91 Å². The molecule has 14 heteroatoms. The van der Waals surface area contributed by atoms with E-state index in [0.29, 0.717) is 71.7 Å². The van der Waals surface area contributed by atoms with E-state index in [0.717, 1.165) is 18.5 Å². The topological polar surface area (TPSA) is 193 Å². The second kappa shape index (κ2) is 14.1. The fourth-order valence-corrected chi connectivity index (χ4v) is 5.04. The lowest BCUT2D eigenvalue weighted by atomic mass is 10.1. The number of nitrogen functional groups attached to an aromatic ring is 1. The molecular weight excluding hydrogens is 614 g/mol. The molecule has 5 rings (SSSR count). The lowest BCUT2D eigenvalue weighted by molar-refractivity contribution is 0.0635. The number of ether oxygens (including phenoxy) is 2. The van der Waals surface area contributed by atoms with Crippen LogP contribution in [0.15, 0.2) is 48.6 Å². The largest absolute Gasteiger partial charge is 0.491 e. The normalized spacial score (nSPS) is 13.1. The van der Waals surface area contributed by atoms with E-state index in [1.54, 1.807) is 61.9 Å². The number of hydrogen-bond acceptors (Lipinski definition) is 9. The number of nitrogens with two attached hydrogens (primary N) is 2. The molecule has 0 unspecified atom stereocenters. The van der Waals surface area contributed by atoms with Crippen molar-refractivity contribution in [1.29, 1.82) is 0 Å². The molecule has 2 heterocycles. The number of carbonyl (C=O) groups excluding carboxylic acids is 3. The Morgan fingerprint density at radius 1 is 1.08 bits per heavy atom. The first-order valence-corrected chi connectivity index (χ1v) is 15.9. The van der Waals surface area contributed by atoms with Crippen LogP contribution in [0, 0.1) is 12.8 Å². The molecule has 2 aromatic heterocycles. The lowest BCUT2D eigenvalue weighted by Crippen LogP contribution is -2.27. The minimum atomic E-state index is -0.617. The molecule has 4 aromatic rings. The first-order valence-electron chi connectivity index (χ1n) is 15.9. The van der Waals surface area contributed by atoms with Gasteiger partial charge in [-0.1, -0.05) is 12.2 Å². The van der Waals surface area contributed by atoms with Gasteiger partial charge in [0, 0.05) is 30.9 Å². The monoisotopic (exact) mass is 657 g/mol. The van der Waals surface area contributed by atoms with E-state index < -0.39 is 17.6 Å². The number of benzene rings is 2. The van der Waals surface area contributed by atoms with E-state index in [-0.39, 0.29) is 17.4 Å². The molecule has 0 atom stereocenters. The summed E-state index contributed by atoms with van der Waals surface area (Å²) in [5.74, 6) is 0.246. The fourth-order valence-electron chi connectivity index (χ4n) is 5.04. The molecule has 254 valence electrons. The smallest absolute Gasteiger partial charge is 0.412 e. The summed E-state index contributed by atoms with van der Waals surface area (Å²) < 4.78 is 15.0. The summed E-state index contributed by atoms with van der Waals surface area (Å²) in [5, 5.41) is 13.3. The summed E-state index contributed by atoms with van der Waals surface area (Å²) in [6, 6.07) is 10.1. The van der Waals surface area contributed by atoms with Crippen LogP contribution in [0.1, 0.15) is 67.1 Å². The van der Waals surface area contributed by atoms with Crippen LogP contribution in [0.2, 0.25) is 0 Å². The number of fused-ring (bicyclic) bond motifs is 1. The highest BCUT2D eigenvalue weighted by atomic mass is 16.6. The average Bonchev–Trinajstić information content (AvgIpc) is 3.66.